The Morgan fingerprint density at radius 3 is 2.51 bits per heavy atom. The fourth-order valence-corrected chi connectivity index (χ4v) is 5.35. The van der Waals surface area contributed by atoms with Crippen molar-refractivity contribution in [3.8, 4) is 45.1 Å². The van der Waals surface area contributed by atoms with Crippen molar-refractivity contribution in [2.24, 2.45) is 0 Å². The van der Waals surface area contributed by atoms with E-state index in [-0.39, 0.29) is 11.5 Å². The molecule has 178 valence electrons. The topological polar surface area (TPSA) is 95.4 Å². The molecule has 0 saturated carbocycles. The van der Waals surface area contributed by atoms with Crippen LogP contribution in [0.2, 0.25) is 0 Å². The molecule has 0 radical (unpaired) electrons. The number of hydrogen-bond donors (Lipinski definition) is 3. The summed E-state index contributed by atoms with van der Waals surface area (Å²) >= 11 is 0. The molecule has 1 heterocycles. The zero-order valence-corrected chi connectivity index (χ0v) is 19.5. The predicted octanol–water partition coefficient (Wildman–Crippen LogP) is 7.38. The smallest absolute Gasteiger partial charge is 0.507 e. The van der Waals surface area contributed by atoms with Crippen LogP contribution in [0.3, 0.4) is 0 Å². The number of aromatic nitrogens is 2. The molecule has 0 bridgehead atoms. The van der Waals surface area contributed by atoms with E-state index in [2.05, 4.69) is 59.6 Å². The summed E-state index contributed by atoms with van der Waals surface area (Å²) in [6.07, 6.45) is -0.493. The molecular formula is C31H20N2O4. The molecule has 6 nitrogen and oxygen atoms in total. The summed E-state index contributed by atoms with van der Waals surface area (Å²) in [6.45, 7) is 0. The third-order valence-corrected chi connectivity index (χ3v) is 6.99. The number of hydrogen-bond acceptors (Lipinski definition) is 4. The average Bonchev–Trinajstić information content (AvgIpc) is 3.49. The molecule has 5 aromatic carbocycles. The van der Waals surface area contributed by atoms with Crippen molar-refractivity contribution >= 4 is 28.0 Å². The van der Waals surface area contributed by atoms with Gasteiger partial charge in [0.1, 0.15) is 22.8 Å². The van der Waals surface area contributed by atoms with Crippen LogP contribution in [0.4, 0.5) is 4.79 Å². The molecule has 0 fully saturated rings. The maximum Gasteiger partial charge on any atom is 0.511 e. The summed E-state index contributed by atoms with van der Waals surface area (Å²) in [5.74, 6) is 0.645. The maximum atomic E-state index is 10.9. The fourth-order valence-electron chi connectivity index (χ4n) is 5.35. The summed E-state index contributed by atoms with van der Waals surface area (Å²) in [7, 11) is 0. The van der Waals surface area contributed by atoms with Gasteiger partial charge in [-0.1, -0.05) is 66.7 Å². The molecule has 0 amide bonds. The monoisotopic (exact) mass is 484 g/mol. The summed E-state index contributed by atoms with van der Waals surface area (Å²) in [4.78, 5) is 19.1. The number of imidazole rings is 1. The Bertz CT molecular complexity index is 1890. The second-order valence-electron chi connectivity index (χ2n) is 9.24. The number of phenolic OH excluding ortho intramolecular Hbond substituents is 1. The predicted molar refractivity (Wildman–Crippen MR) is 143 cm³/mol. The average molecular weight is 485 g/mol. The lowest BCUT2D eigenvalue weighted by Crippen LogP contribution is -2.02. The molecule has 0 saturated heterocycles. The van der Waals surface area contributed by atoms with E-state index in [4.69, 9.17) is 14.8 Å². The normalized spacial score (nSPS) is 12.0. The Morgan fingerprint density at radius 1 is 0.811 bits per heavy atom. The Hall–Kier alpha value is -5.10. The standard InChI is InChI=1S/C31H20N2O4/c34-27-16-23(37-31(35)36)15-20-9-11-26-29(28(20)27)33-30(32-26)21-6-3-5-17(12-21)18-8-10-25-22(13-18)14-19-4-1-2-7-24(19)25/h1-13,15-16,34H,14H2,(H,32,33)(H,35,36). The molecule has 6 heteroatoms. The first-order valence-electron chi connectivity index (χ1n) is 11.9. The van der Waals surface area contributed by atoms with E-state index in [0.29, 0.717) is 22.1 Å². The van der Waals surface area contributed by atoms with Gasteiger partial charge < -0.3 is 19.9 Å². The first-order valence-corrected chi connectivity index (χ1v) is 11.9. The van der Waals surface area contributed by atoms with E-state index in [0.717, 1.165) is 28.6 Å². The summed E-state index contributed by atoms with van der Waals surface area (Å²) < 4.78 is 4.72. The lowest BCUT2D eigenvalue weighted by atomic mass is 9.98. The van der Waals surface area contributed by atoms with Gasteiger partial charge in [0.25, 0.3) is 0 Å². The molecule has 7 rings (SSSR count). The molecule has 37 heavy (non-hydrogen) atoms. The van der Waals surface area contributed by atoms with E-state index in [1.165, 1.54) is 28.3 Å². The maximum absolute atomic E-state index is 10.9. The van der Waals surface area contributed by atoms with Crippen LogP contribution in [0.1, 0.15) is 11.1 Å². The number of fused-ring (bicyclic) bond motifs is 6. The molecule has 1 aromatic heterocycles. The van der Waals surface area contributed by atoms with E-state index in [9.17, 15) is 9.90 Å². The van der Waals surface area contributed by atoms with Gasteiger partial charge in [0, 0.05) is 11.6 Å². The van der Waals surface area contributed by atoms with Crippen LogP contribution in [0, 0.1) is 0 Å². The van der Waals surface area contributed by atoms with Crippen molar-refractivity contribution < 1.29 is 19.7 Å². The third kappa shape index (κ3) is 3.50. The minimum atomic E-state index is -1.44. The van der Waals surface area contributed by atoms with Gasteiger partial charge in [0.15, 0.2) is 0 Å². The fraction of sp³-hybridized carbons (Fsp3) is 0.0323. The molecule has 0 unspecified atom stereocenters. The lowest BCUT2D eigenvalue weighted by Gasteiger charge is -2.07. The number of phenols is 1. The lowest BCUT2D eigenvalue weighted by molar-refractivity contribution is 0.144. The number of rotatable bonds is 3. The van der Waals surface area contributed by atoms with Crippen molar-refractivity contribution in [1.82, 2.24) is 9.97 Å². The van der Waals surface area contributed by atoms with Crippen molar-refractivity contribution in [2.45, 2.75) is 6.42 Å². The van der Waals surface area contributed by atoms with Gasteiger partial charge in [-0.25, -0.2) is 9.78 Å². The van der Waals surface area contributed by atoms with Gasteiger partial charge in [-0.3, -0.25) is 0 Å². The van der Waals surface area contributed by atoms with Crippen LogP contribution in [0.25, 0.3) is 55.4 Å². The molecule has 0 spiro atoms. The molecule has 0 atom stereocenters. The van der Waals surface area contributed by atoms with E-state index in [1.54, 1.807) is 12.1 Å². The second kappa shape index (κ2) is 7.96. The number of benzene rings is 5. The van der Waals surface area contributed by atoms with Crippen molar-refractivity contribution in [1.29, 1.82) is 0 Å². The molecule has 1 aliphatic carbocycles. The quantitative estimate of drug-likeness (QED) is 0.180. The number of ether oxygens (including phenoxy) is 1. The molecule has 3 N–H and O–H groups in total. The van der Waals surface area contributed by atoms with Gasteiger partial charge in [0.05, 0.1) is 10.9 Å². The van der Waals surface area contributed by atoms with E-state index in [1.807, 2.05) is 18.2 Å². The number of H-pyrrole nitrogens is 1. The minimum Gasteiger partial charge on any atom is -0.507 e. The molecular weight excluding hydrogens is 464 g/mol. The second-order valence-corrected chi connectivity index (χ2v) is 9.24. The van der Waals surface area contributed by atoms with E-state index < -0.39 is 6.16 Å². The highest BCUT2D eigenvalue weighted by atomic mass is 16.7. The molecule has 0 aliphatic heterocycles. The van der Waals surface area contributed by atoms with Crippen LogP contribution in [0.5, 0.6) is 11.5 Å². The first-order chi connectivity index (χ1) is 18.0. The van der Waals surface area contributed by atoms with Gasteiger partial charge >= 0.3 is 6.16 Å². The van der Waals surface area contributed by atoms with Gasteiger partial charge in [-0.05, 0) is 63.4 Å². The van der Waals surface area contributed by atoms with Crippen molar-refractivity contribution in [3.63, 3.8) is 0 Å². The SMILES string of the molecule is O=C(O)Oc1cc(O)c2c(ccc3[nH]c(-c4cccc(-c5ccc6c(c5)Cc5ccccc5-6)c4)nc32)c1. The highest BCUT2D eigenvalue weighted by Gasteiger charge is 2.19. The van der Waals surface area contributed by atoms with Gasteiger partial charge in [-0.15, -0.1) is 0 Å². The number of aromatic hydroxyl groups is 1. The Balaban J connectivity index is 1.28. The Labute approximate surface area is 211 Å². The first kappa shape index (κ1) is 21.2. The molecule has 6 aromatic rings. The number of carboxylic acid groups (broad SMARTS) is 1. The van der Waals surface area contributed by atoms with Crippen LogP contribution >= 0.6 is 0 Å². The minimum absolute atomic E-state index is 0.0535. The summed E-state index contributed by atoms with van der Waals surface area (Å²) in [5, 5.41) is 20.7. The van der Waals surface area contributed by atoms with E-state index >= 15 is 0 Å². The van der Waals surface area contributed by atoms with Crippen LogP contribution < -0.4 is 4.74 Å². The Morgan fingerprint density at radius 2 is 1.62 bits per heavy atom. The van der Waals surface area contributed by atoms with Crippen molar-refractivity contribution in [2.75, 3.05) is 0 Å². The number of nitrogens with zero attached hydrogens (tertiary/aromatic N) is 1. The third-order valence-electron chi connectivity index (χ3n) is 6.99. The highest BCUT2D eigenvalue weighted by Crippen LogP contribution is 2.39. The molecule has 1 aliphatic rings. The van der Waals surface area contributed by atoms with Crippen LogP contribution in [-0.4, -0.2) is 26.3 Å². The Kier molecular flexibility index (Phi) is 4.56. The van der Waals surface area contributed by atoms with Crippen molar-refractivity contribution in [3.05, 3.63) is 102 Å². The summed E-state index contributed by atoms with van der Waals surface area (Å²) in [5.41, 5.74) is 9.87. The zero-order valence-electron chi connectivity index (χ0n) is 19.5. The van der Waals surface area contributed by atoms with Crippen LogP contribution in [0.15, 0.2) is 91.0 Å². The van der Waals surface area contributed by atoms with Gasteiger partial charge in [-0.2, -0.15) is 0 Å². The van der Waals surface area contributed by atoms with Crippen LogP contribution in [-0.2, 0) is 6.42 Å². The van der Waals surface area contributed by atoms with Gasteiger partial charge in [0.2, 0.25) is 0 Å². The highest BCUT2D eigenvalue weighted by molar-refractivity contribution is 6.08. The zero-order chi connectivity index (χ0) is 25.1. The number of aromatic amines is 1. The largest absolute Gasteiger partial charge is 0.511 e. The number of nitrogens with one attached hydrogen (secondary N) is 1. The number of carbonyl (C=O) groups is 1. The summed E-state index contributed by atoms with van der Waals surface area (Å²) in [6, 6.07) is 30.0.